The van der Waals surface area contributed by atoms with Gasteiger partial charge in [-0.1, -0.05) is 13.8 Å². The maximum atomic E-state index is 12.3. The van der Waals surface area contributed by atoms with E-state index >= 15 is 0 Å². The molecule has 1 aliphatic carbocycles. The molecule has 1 heterocycles. The average molecular weight is 270 g/mol. The highest BCUT2D eigenvalue weighted by atomic mass is 16.6. The third-order valence-corrected chi connectivity index (χ3v) is 4.22. The van der Waals surface area contributed by atoms with Gasteiger partial charge < -0.3 is 15.2 Å². The van der Waals surface area contributed by atoms with E-state index in [1.165, 1.54) is 0 Å². The molecule has 5 nitrogen and oxygen atoms in total. The van der Waals surface area contributed by atoms with Crippen molar-refractivity contribution < 1.29 is 14.3 Å². The number of nitrogens with zero attached hydrogens (tertiary/aromatic N) is 1. The van der Waals surface area contributed by atoms with Crippen molar-refractivity contribution in [3.63, 3.8) is 0 Å². The Morgan fingerprint density at radius 3 is 2.47 bits per heavy atom. The molecule has 2 unspecified atom stereocenters. The van der Waals surface area contributed by atoms with Crippen LogP contribution in [0.3, 0.4) is 0 Å². The fourth-order valence-corrected chi connectivity index (χ4v) is 2.83. The summed E-state index contributed by atoms with van der Waals surface area (Å²) in [5, 5.41) is 0. The summed E-state index contributed by atoms with van der Waals surface area (Å²) in [6.07, 6.45) is 0.626. The second-order valence-corrected chi connectivity index (χ2v) is 7.37. The first-order chi connectivity index (χ1) is 8.57. The van der Waals surface area contributed by atoms with Crippen LogP contribution in [-0.4, -0.2) is 47.9 Å². The third kappa shape index (κ3) is 2.72. The summed E-state index contributed by atoms with van der Waals surface area (Å²) in [7, 11) is 0. The Bertz CT molecular complexity index is 375. The highest BCUT2D eigenvalue weighted by Gasteiger charge is 2.65. The molecule has 2 rings (SSSR count). The molecule has 0 aromatic rings. The molecule has 2 atom stereocenters. The van der Waals surface area contributed by atoms with Crippen molar-refractivity contribution in [1.82, 2.24) is 4.90 Å². The zero-order valence-electron chi connectivity index (χ0n) is 12.7. The molecule has 0 spiro atoms. The lowest BCUT2D eigenvalue weighted by atomic mass is 9.96. The predicted octanol–water partition coefficient (Wildman–Crippen LogP) is 1.75. The Morgan fingerprint density at radius 1 is 1.42 bits per heavy atom. The van der Waals surface area contributed by atoms with Crippen LogP contribution in [-0.2, 0) is 9.47 Å². The quantitative estimate of drug-likeness (QED) is 0.788. The van der Waals surface area contributed by atoms with Gasteiger partial charge in [-0.2, -0.15) is 0 Å². The lowest BCUT2D eigenvalue weighted by Crippen LogP contribution is -2.60. The summed E-state index contributed by atoms with van der Waals surface area (Å²) in [6, 6.07) is -0.0916. The molecule has 1 saturated heterocycles. The smallest absolute Gasteiger partial charge is 0.410 e. The fraction of sp³-hybridized carbons (Fsp3) is 0.929. The average Bonchev–Trinajstić information content (AvgIpc) is 2.77. The maximum Gasteiger partial charge on any atom is 0.410 e. The minimum absolute atomic E-state index is 0.0542. The van der Waals surface area contributed by atoms with Crippen molar-refractivity contribution in [2.45, 2.75) is 58.2 Å². The number of nitrogens with two attached hydrogens (primary N) is 1. The van der Waals surface area contributed by atoms with Gasteiger partial charge in [0.15, 0.2) is 0 Å². The number of hydrogen-bond acceptors (Lipinski definition) is 4. The Kier molecular flexibility index (Phi) is 3.34. The minimum Gasteiger partial charge on any atom is -0.444 e. The number of morpholine rings is 1. The molecule has 2 aliphatic rings. The largest absolute Gasteiger partial charge is 0.444 e. The molecule has 1 aliphatic heterocycles. The van der Waals surface area contributed by atoms with Gasteiger partial charge in [0.05, 0.1) is 19.3 Å². The van der Waals surface area contributed by atoms with E-state index in [9.17, 15) is 4.79 Å². The van der Waals surface area contributed by atoms with Crippen LogP contribution in [0, 0.1) is 5.41 Å². The number of amides is 1. The Hall–Kier alpha value is -0.810. The highest BCUT2D eigenvalue weighted by Crippen LogP contribution is 2.57. The summed E-state index contributed by atoms with van der Waals surface area (Å²) >= 11 is 0. The van der Waals surface area contributed by atoms with Crippen LogP contribution in [0.5, 0.6) is 0 Å². The molecule has 0 aromatic heterocycles. The lowest BCUT2D eigenvalue weighted by molar-refractivity contribution is -0.0436. The summed E-state index contributed by atoms with van der Waals surface area (Å²) in [5.41, 5.74) is 5.67. The molecule has 1 saturated carbocycles. The lowest BCUT2D eigenvalue weighted by Gasteiger charge is -2.40. The third-order valence-electron chi connectivity index (χ3n) is 4.22. The number of hydrogen-bond donors (Lipinski definition) is 1. The van der Waals surface area contributed by atoms with Gasteiger partial charge in [0.1, 0.15) is 5.60 Å². The van der Waals surface area contributed by atoms with Gasteiger partial charge in [-0.25, -0.2) is 4.79 Å². The van der Waals surface area contributed by atoms with Crippen LogP contribution in [0.2, 0.25) is 0 Å². The first-order valence-electron chi connectivity index (χ1n) is 6.93. The number of ether oxygens (including phenoxy) is 2. The van der Waals surface area contributed by atoms with Crippen LogP contribution >= 0.6 is 0 Å². The van der Waals surface area contributed by atoms with Gasteiger partial charge >= 0.3 is 6.09 Å². The van der Waals surface area contributed by atoms with E-state index in [0.717, 1.165) is 6.42 Å². The molecular formula is C14H26N2O3. The molecule has 110 valence electrons. The Balaban J connectivity index is 2.11. The van der Waals surface area contributed by atoms with Crippen LogP contribution < -0.4 is 5.73 Å². The van der Waals surface area contributed by atoms with Gasteiger partial charge in [-0.3, -0.25) is 4.90 Å². The van der Waals surface area contributed by atoms with Crippen LogP contribution in [0.15, 0.2) is 0 Å². The molecule has 2 N–H and O–H groups in total. The monoisotopic (exact) mass is 270 g/mol. The first kappa shape index (κ1) is 14.6. The second-order valence-electron chi connectivity index (χ2n) is 7.37. The SMILES string of the molecule is CC(C)(C)OC(=O)N1CCOCC1C1(N)CC1(C)C. The molecule has 0 aromatic carbocycles. The number of carbonyl (C=O) groups excluding carboxylic acids is 1. The highest BCUT2D eigenvalue weighted by molar-refractivity contribution is 5.69. The molecule has 0 bridgehead atoms. The van der Waals surface area contributed by atoms with Gasteiger partial charge in [0.2, 0.25) is 0 Å². The predicted molar refractivity (Wildman–Crippen MR) is 72.9 cm³/mol. The zero-order chi connectivity index (χ0) is 14.5. The topological polar surface area (TPSA) is 64.8 Å². The second kappa shape index (κ2) is 4.35. The van der Waals surface area contributed by atoms with Crippen molar-refractivity contribution in [2.75, 3.05) is 19.8 Å². The van der Waals surface area contributed by atoms with E-state index in [1.54, 1.807) is 4.90 Å². The Labute approximate surface area is 115 Å². The Morgan fingerprint density at radius 2 is 2.00 bits per heavy atom. The van der Waals surface area contributed by atoms with E-state index in [-0.39, 0.29) is 23.1 Å². The van der Waals surface area contributed by atoms with Crippen molar-refractivity contribution in [3.05, 3.63) is 0 Å². The van der Waals surface area contributed by atoms with Crippen molar-refractivity contribution in [1.29, 1.82) is 0 Å². The number of rotatable bonds is 1. The van der Waals surface area contributed by atoms with Crippen molar-refractivity contribution in [3.8, 4) is 0 Å². The van der Waals surface area contributed by atoms with Crippen LogP contribution in [0.1, 0.15) is 41.0 Å². The standard InChI is InChI=1S/C14H26N2O3/c1-12(2,3)19-11(17)16-6-7-18-8-10(16)14(15)9-13(14,4)5/h10H,6-9,15H2,1-5H3. The summed E-state index contributed by atoms with van der Waals surface area (Å²) in [6.45, 7) is 11.5. The van der Waals surface area contributed by atoms with Crippen molar-refractivity contribution >= 4 is 6.09 Å². The van der Waals surface area contributed by atoms with E-state index < -0.39 is 5.60 Å². The summed E-state index contributed by atoms with van der Waals surface area (Å²) in [4.78, 5) is 14.1. The molecule has 1 amide bonds. The van der Waals surface area contributed by atoms with Gasteiger partial charge in [-0.05, 0) is 32.6 Å². The normalized spacial score (nSPS) is 34.0. The van der Waals surface area contributed by atoms with Gasteiger partial charge in [-0.15, -0.1) is 0 Å². The zero-order valence-corrected chi connectivity index (χ0v) is 12.7. The summed E-state index contributed by atoms with van der Waals surface area (Å²) in [5.74, 6) is 0. The van der Waals surface area contributed by atoms with Crippen molar-refractivity contribution in [2.24, 2.45) is 11.1 Å². The molecular weight excluding hydrogens is 244 g/mol. The fourth-order valence-electron chi connectivity index (χ4n) is 2.83. The van der Waals surface area contributed by atoms with Crippen LogP contribution in [0.25, 0.3) is 0 Å². The molecule has 2 fully saturated rings. The molecule has 0 radical (unpaired) electrons. The van der Waals surface area contributed by atoms with Gasteiger partial charge in [0, 0.05) is 12.1 Å². The molecule has 19 heavy (non-hydrogen) atoms. The first-order valence-corrected chi connectivity index (χ1v) is 6.93. The van der Waals surface area contributed by atoms with E-state index in [4.69, 9.17) is 15.2 Å². The maximum absolute atomic E-state index is 12.3. The van der Waals surface area contributed by atoms with E-state index in [0.29, 0.717) is 19.8 Å². The molecule has 5 heteroatoms. The van der Waals surface area contributed by atoms with Gasteiger partial charge in [0.25, 0.3) is 0 Å². The van der Waals surface area contributed by atoms with E-state index in [2.05, 4.69) is 13.8 Å². The van der Waals surface area contributed by atoms with E-state index in [1.807, 2.05) is 20.8 Å². The summed E-state index contributed by atoms with van der Waals surface area (Å²) < 4.78 is 11.0. The van der Waals surface area contributed by atoms with Crippen LogP contribution in [0.4, 0.5) is 4.79 Å². The minimum atomic E-state index is -0.485. The number of carbonyl (C=O) groups is 1.